The Labute approximate surface area is 168 Å². The van der Waals surface area contributed by atoms with Gasteiger partial charge in [-0.2, -0.15) is 0 Å². The van der Waals surface area contributed by atoms with Crippen LogP contribution in [0.3, 0.4) is 0 Å². The molecule has 0 radical (unpaired) electrons. The predicted molar refractivity (Wildman–Crippen MR) is 110 cm³/mol. The summed E-state index contributed by atoms with van der Waals surface area (Å²) in [5, 5.41) is 0.819. The SMILES string of the molecule is Cc1c(C(=O)C(=O)N2C[C@@H]3C[C@H](C2)c2cccc(=O)n2C3)c2ccccc2n1C. The van der Waals surface area contributed by atoms with Crippen molar-refractivity contribution in [2.45, 2.75) is 25.8 Å². The third-order valence-electron chi connectivity index (χ3n) is 6.59. The minimum absolute atomic E-state index is 0.0134. The van der Waals surface area contributed by atoms with Crippen molar-refractivity contribution in [2.24, 2.45) is 13.0 Å². The number of amides is 1. The maximum absolute atomic E-state index is 13.3. The first-order chi connectivity index (χ1) is 14.0. The molecule has 0 saturated carbocycles. The lowest BCUT2D eigenvalue weighted by molar-refractivity contribution is -0.129. The molecule has 148 valence electrons. The van der Waals surface area contributed by atoms with Crippen molar-refractivity contribution < 1.29 is 9.59 Å². The van der Waals surface area contributed by atoms with Crippen molar-refractivity contribution in [2.75, 3.05) is 13.1 Å². The molecule has 2 aliphatic heterocycles. The second-order valence-electron chi connectivity index (χ2n) is 8.27. The number of carbonyl (C=O) groups excluding carboxylic acids is 2. The Balaban J connectivity index is 1.48. The first-order valence-electron chi connectivity index (χ1n) is 10.0. The number of carbonyl (C=O) groups is 2. The number of rotatable bonds is 2. The van der Waals surface area contributed by atoms with Crippen LogP contribution in [0, 0.1) is 12.8 Å². The molecular weight excluding hydrogens is 366 g/mol. The topological polar surface area (TPSA) is 64.3 Å². The van der Waals surface area contributed by atoms with Gasteiger partial charge in [0.05, 0.1) is 5.56 Å². The summed E-state index contributed by atoms with van der Waals surface area (Å²) in [7, 11) is 1.92. The molecule has 0 unspecified atom stereocenters. The van der Waals surface area contributed by atoms with Crippen molar-refractivity contribution in [3.8, 4) is 0 Å². The maximum atomic E-state index is 13.3. The molecule has 2 bridgehead atoms. The molecule has 5 rings (SSSR count). The van der Waals surface area contributed by atoms with Crippen LogP contribution in [0.2, 0.25) is 0 Å². The average molecular weight is 389 g/mol. The minimum Gasteiger partial charge on any atom is -0.347 e. The van der Waals surface area contributed by atoms with Gasteiger partial charge in [-0.3, -0.25) is 14.4 Å². The highest BCUT2D eigenvalue weighted by Gasteiger charge is 2.38. The lowest BCUT2D eigenvalue weighted by Gasteiger charge is -2.42. The largest absolute Gasteiger partial charge is 0.347 e. The average Bonchev–Trinajstić information content (AvgIpc) is 2.98. The van der Waals surface area contributed by atoms with Crippen LogP contribution in [-0.4, -0.2) is 38.8 Å². The van der Waals surface area contributed by atoms with Gasteiger partial charge < -0.3 is 14.0 Å². The molecule has 4 heterocycles. The number of pyridine rings is 1. The minimum atomic E-state index is -0.440. The van der Waals surface area contributed by atoms with E-state index in [9.17, 15) is 14.4 Å². The number of aryl methyl sites for hydroxylation is 1. The molecule has 0 N–H and O–H groups in total. The molecule has 2 atom stereocenters. The summed E-state index contributed by atoms with van der Waals surface area (Å²) >= 11 is 0. The van der Waals surface area contributed by atoms with Crippen LogP contribution >= 0.6 is 0 Å². The van der Waals surface area contributed by atoms with Gasteiger partial charge in [0.25, 0.3) is 17.2 Å². The number of fused-ring (bicyclic) bond motifs is 5. The Morgan fingerprint density at radius 3 is 2.62 bits per heavy atom. The highest BCUT2D eigenvalue weighted by atomic mass is 16.2. The zero-order valence-electron chi connectivity index (χ0n) is 16.6. The lowest BCUT2D eigenvalue weighted by atomic mass is 9.83. The number of piperidine rings is 1. The smallest absolute Gasteiger partial charge is 0.295 e. The molecular formula is C23H23N3O3. The van der Waals surface area contributed by atoms with Crippen LogP contribution in [-0.2, 0) is 18.4 Å². The van der Waals surface area contributed by atoms with Crippen molar-refractivity contribution >= 4 is 22.6 Å². The summed E-state index contributed by atoms with van der Waals surface area (Å²) in [6.07, 6.45) is 0.953. The van der Waals surface area contributed by atoms with Gasteiger partial charge in [0.1, 0.15) is 0 Å². The Morgan fingerprint density at radius 1 is 1.00 bits per heavy atom. The normalized spacial score (nSPS) is 20.6. The molecule has 0 aliphatic carbocycles. The summed E-state index contributed by atoms with van der Waals surface area (Å²) in [5.74, 6) is -0.580. The fourth-order valence-electron chi connectivity index (χ4n) is 5.12. The predicted octanol–water partition coefficient (Wildman–Crippen LogP) is 2.48. The highest BCUT2D eigenvalue weighted by molar-refractivity contribution is 6.45. The monoisotopic (exact) mass is 389 g/mol. The van der Waals surface area contributed by atoms with E-state index in [0.717, 1.165) is 28.7 Å². The van der Waals surface area contributed by atoms with Crippen molar-refractivity contribution in [3.63, 3.8) is 0 Å². The van der Waals surface area contributed by atoms with Gasteiger partial charge >= 0.3 is 0 Å². The number of nitrogens with zero attached hydrogens (tertiary/aromatic N) is 3. The van der Waals surface area contributed by atoms with Gasteiger partial charge in [0, 0.05) is 61.0 Å². The number of Topliss-reactive ketones (excluding diaryl/α,β-unsaturated/α-hetero) is 1. The van der Waals surface area contributed by atoms with Crippen LogP contribution < -0.4 is 5.56 Å². The van der Waals surface area contributed by atoms with Crippen LogP contribution in [0.1, 0.15) is 34.1 Å². The van der Waals surface area contributed by atoms with Crippen molar-refractivity contribution in [3.05, 3.63) is 69.8 Å². The number of benzene rings is 1. The van der Waals surface area contributed by atoms with Gasteiger partial charge in [-0.05, 0) is 31.4 Å². The molecule has 29 heavy (non-hydrogen) atoms. The Bertz CT molecular complexity index is 1220. The first-order valence-corrected chi connectivity index (χ1v) is 10.0. The first kappa shape index (κ1) is 17.9. The zero-order valence-corrected chi connectivity index (χ0v) is 16.6. The second-order valence-corrected chi connectivity index (χ2v) is 8.27. The van der Waals surface area contributed by atoms with Gasteiger partial charge in [-0.25, -0.2) is 0 Å². The third-order valence-corrected chi connectivity index (χ3v) is 6.59. The van der Waals surface area contributed by atoms with E-state index in [0.29, 0.717) is 25.2 Å². The van der Waals surface area contributed by atoms with E-state index in [-0.39, 0.29) is 17.4 Å². The number of para-hydroxylation sites is 1. The van der Waals surface area contributed by atoms with E-state index >= 15 is 0 Å². The van der Waals surface area contributed by atoms with E-state index in [4.69, 9.17) is 0 Å². The second kappa shape index (κ2) is 6.44. The molecule has 6 heteroatoms. The molecule has 1 amide bonds. The fourth-order valence-corrected chi connectivity index (χ4v) is 5.12. The van der Waals surface area contributed by atoms with Gasteiger partial charge in [-0.15, -0.1) is 0 Å². The van der Waals surface area contributed by atoms with E-state index in [1.165, 1.54) is 0 Å². The Kier molecular flexibility index (Phi) is 3.98. The quantitative estimate of drug-likeness (QED) is 0.500. The molecule has 1 saturated heterocycles. The maximum Gasteiger partial charge on any atom is 0.295 e. The number of ketones is 1. The summed E-state index contributed by atoms with van der Waals surface area (Å²) < 4.78 is 3.79. The number of hydrogen-bond donors (Lipinski definition) is 0. The molecule has 6 nitrogen and oxygen atoms in total. The molecule has 1 aromatic carbocycles. The van der Waals surface area contributed by atoms with Crippen molar-refractivity contribution in [1.82, 2.24) is 14.0 Å². The summed E-state index contributed by atoms with van der Waals surface area (Å²) in [4.78, 5) is 40.4. The molecule has 0 spiro atoms. The van der Waals surface area contributed by atoms with E-state index < -0.39 is 11.7 Å². The zero-order chi connectivity index (χ0) is 20.3. The van der Waals surface area contributed by atoms with E-state index in [1.807, 2.05) is 53.4 Å². The summed E-state index contributed by atoms with van der Waals surface area (Å²) in [5.41, 5.74) is 3.24. The van der Waals surface area contributed by atoms with E-state index in [1.54, 1.807) is 17.0 Å². The van der Waals surface area contributed by atoms with Crippen LogP contribution in [0.5, 0.6) is 0 Å². The third kappa shape index (κ3) is 2.66. The standard InChI is InChI=1S/C23H23N3O3/c1-14-21(17-6-3-4-7-19(17)24(14)2)22(28)23(29)25-11-15-10-16(13-25)18-8-5-9-20(27)26(18)12-15/h3-9,15-16H,10-13H2,1-2H3/t15-,16+/m0/s1. The molecule has 2 aromatic heterocycles. The number of aromatic nitrogens is 2. The van der Waals surface area contributed by atoms with Gasteiger partial charge in [0.15, 0.2) is 0 Å². The fraction of sp³-hybridized carbons (Fsp3) is 0.348. The number of hydrogen-bond acceptors (Lipinski definition) is 3. The van der Waals surface area contributed by atoms with Crippen LogP contribution in [0.4, 0.5) is 0 Å². The Hall–Kier alpha value is -3.15. The molecule has 1 fully saturated rings. The van der Waals surface area contributed by atoms with Crippen molar-refractivity contribution in [1.29, 1.82) is 0 Å². The highest BCUT2D eigenvalue weighted by Crippen LogP contribution is 2.35. The van der Waals surface area contributed by atoms with Gasteiger partial charge in [0.2, 0.25) is 0 Å². The van der Waals surface area contributed by atoms with E-state index in [2.05, 4.69) is 0 Å². The van der Waals surface area contributed by atoms with Crippen LogP contribution in [0.25, 0.3) is 10.9 Å². The lowest BCUT2D eigenvalue weighted by Crippen LogP contribution is -2.50. The number of likely N-dealkylation sites (tertiary alicyclic amines) is 1. The molecule has 3 aromatic rings. The summed E-state index contributed by atoms with van der Waals surface area (Å²) in [6.45, 7) is 3.49. The summed E-state index contributed by atoms with van der Waals surface area (Å²) in [6, 6.07) is 13.0. The Morgan fingerprint density at radius 2 is 1.79 bits per heavy atom. The van der Waals surface area contributed by atoms with Crippen LogP contribution in [0.15, 0.2) is 47.3 Å². The molecule has 2 aliphatic rings. The van der Waals surface area contributed by atoms with Gasteiger partial charge in [-0.1, -0.05) is 24.3 Å².